The summed E-state index contributed by atoms with van der Waals surface area (Å²) in [7, 11) is 1.60. The van der Waals surface area contributed by atoms with Crippen LogP contribution in [0.4, 0.5) is 21.6 Å². The van der Waals surface area contributed by atoms with E-state index >= 15 is 0 Å². The van der Waals surface area contributed by atoms with E-state index in [2.05, 4.69) is 15.6 Å². The molecule has 0 bridgehead atoms. The molecular weight excluding hydrogens is 357 g/mol. The summed E-state index contributed by atoms with van der Waals surface area (Å²) in [6.07, 6.45) is 1.53. The molecule has 0 atom stereocenters. The van der Waals surface area contributed by atoms with Gasteiger partial charge in [-0.1, -0.05) is 11.6 Å². The van der Waals surface area contributed by atoms with Crippen LogP contribution in [-0.4, -0.2) is 18.0 Å². The number of pyridine rings is 1. The first kappa shape index (κ1) is 17.7. The molecule has 1 amide bonds. The highest BCUT2D eigenvalue weighted by molar-refractivity contribution is 6.31. The number of amides is 1. The van der Waals surface area contributed by atoms with Gasteiger partial charge in [0, 0.05) is 23.1 Å². The van der Waals surface area contributed by atoms with Crippen LogP contribution in [0.3, 0.4) is 0 Å². The van der Waals surface area contributed by atoms with Gasteiger partial charge in [-0.15, -0.1) is 0 Å². The number of ether oxygens (including phenoxy) is 1. The van der Waals surface area contributed by atoms with Crippen LogP contribution in [0.2, 0.25) is 5.02 Å². The lowest BCUT2D eigenvalue weighted by Gasteiger charge is -2.09. The molecule has 0 aliphatic carbocycles. The SMILES string of the molecule is COc1ccc(Nc2cc(C(=O)Nc3ccc(F)c(Cl)c3)ccn2)cc1. The van der Waals surface area contributed by atoms with Gasteiger partial charge in [-0.25, -0.2) is 9.37 Å². The molecule has 3 rings (SSSR count). The topological polar surface area (TPSA) is 63.2 Å². The summed E-state index contributed by atoms with van der Waals surface area (Å²) >= 11 is 5.73. The zero-order valence-electron chi connectivity index (χ0n) is 13.8. The minimum absolute atomic E-state index is 0.0561. The molecule has 0 radical (unpaired) electrons. The van der Waals surface area contributed by atoms with Crippen molar-refractivity contribution in [3.8, 4) is 5.75 Å². The van der Waals surface area contributed by atoms with Gasteiger partial charge in [-0.2, -0.15) is 0 Å². The van der Waals surface area contributed by atoms with Crippen molar-refractivity contribution in [1.82, 2.24) is 4.98 Å². The van der Waals surface area contributed by atoms with Gasteiger partial charge in [0.15, 0.2) is 0 Å². The molecule has 0 saturated carbocycles. The van der Waals surface area contributed by atoms with Crippen LogP contribution in [0.5, 0.6) is 5.75 Å². The van der Waals surface area contributed by atoms with Gasteiger partial charge >= 0.3 is 0 Å². The summed E-state index contributed by atoms with van der Waals surface area (Å²) in [4.78, 5) is 16.6. The van der Waals surface area contributed by atoms with Crippen molar-refractivity contribution >= 4 is 34.7 Å². The number of hydrogen-bond donors (Lipinski definition) is 2. The van der Waals surface area contributed by atoms with Crippen molar-refractivity contribution in [2.45, 2.75) is 0 Å². The van der Waals surface area contributed by atoms with Crippen LogP contribution in [-0.2, 0) is 0 Å². The Morgan fingerprint density at radius 3 is 2.50 bits per heavy atom. The maximum absolute atomic E-state index is 13.2. The minimum atomic E-state index is -0.542. The highest BCUT2D eigenvalue weighted by Crippen LogP contribution is 2.21. The molecule has 0 aliphatic rings. The van der Waals surface area contributed by atoms with E-state index in [1.54, 1.807) is 19.2 Å². The van der Waals surface area contributed by atoms with Crippen LogP contribution in [0, 0.1) is 5.82 Å². The molecule has 0 fully saturated rings. The average molecular weight is 372 g/mol. The first-order chi connectivity index (χ1) is 12.5. The van der Waals surface area contributed by atoms with E-state index in [-0.39, 0.29) is 10.9 Å². The summed E-state index contributed by atoms with van der Waals surface area (Å²) < 4.78 is 18.3. The molecular formula is C19H15ClFN3O2. The van der Waals surface area contributed by atoms with Gasteiger partial charge in [0.05, 0.1) is 12.1 Å². The summed E-state index contributed by atoms with van der Waals surface area (Å²) in [5.41, 5.74) is 1.61. The fraction of sp³-hybridized carbons (Fsp3) is 0.0526. The first-order valence-corrected chi connectivity index (χ1v) is 8.06. The van der Waals surface area contributed by atoms with Crippen molar-refractivity contribution in [1.29, 1.82) is 0 Å². The van der Waals surface area contributed by atoms with Gasteiger partial charge in [0.2, 0.25) is 0 Å². The molecule has 0 unspecified atom stereocenters. The predicted octanol–water partition coefficient (Wildman–Crippen LogP) is 4.88. The van der Waals surface area contributed by atoms with Gasteiger partial charge in [0.1, 0.15) is 17.4 Å². The Labute approximate surface area is 154 Å². The van der Waals surface area contributed by atoms with E-state index in [4.69, 9.17) is 16.3 Å². The van der Waals surface area contributed by atoms with Crippen molar-refractivity contribution in [2.24, 2.45) is 0 Å². The minimum Gasteiger partial charge on any atom is -0.497 e. The van der Waals surface area contributed by atoms with Crippen LogP contribution < -0.4 is 15.4 Å². The van der Waals surface area contributed by atoms with Gasteiger partial charge in [-0.05, 0) is 54.6 Å². The summed E-state index contributed by atoms with van der Waals surface area (Å²) in [6, 6.07) is 14.5. The van der Waals surface area contributed by atoms with Gasteiger partial charge in [-0.3, -0.25) is 4.79 Å². The third-order valence-corrected chi connectivity index (χ3v) is 3.85. The number of nitrogens with one attached hydrogen (secondary N) is 2. The number of hydrogen-bond acceptors (Lipinski definition) is 4. The maximum atomic E-state index is 13.2. The van der Waals surface area contributed by atoms with E-state index in [0.29, 0.717) is 17.1 Å². The van der Waals surface area contributed by atoms with Gasteiger partial charge < -0.3 is 15.4 Å². The number of benzene rings is 2. The van der Waals surface area contributed by atoms with Crippen molar-refractivity contribution in [3.05, 3.63) is 77.2 Å². The molecule has 1 heterocycles. The Kier molecular flexibility index (Phi) is 5.34. The molecule has 0 spiro atoms. The molecule has 132 valence electrons. The lowest BCUT2D eigenvalue weighted by atomic mass is 10.2. The quantitative estimate of drug-likeness (QED) is 0.671. The fourth-order valence-corrected chi connectivity index (χ4v) is 2.42. The Morgan fingerprint density at radius 1 is 1.08 bits per heavy atom. The van der Waals surface area contributed by atoms with E-state index in [1.165, 1.54) is 24.4 Å². The van der Waals surface area contributed by atoms with E-state index in [0.717, 1.165) is 11.4 Å². The Morgan fingerprint density at radius 2 is 1.81 bits per heavy atom. The lowest BCUT2D eigenvalue weighted by Crippen LogP contribution is -2.12. The molecule has 1 aromatic heterocycles. The third-order valence-electron chi connectivity index (χ3n) is 3.56. The summed E-state index contributed by atoms with van der Waals surface area (Å²) in [6.45, 7) is 0. The Hall–Kier alpha value is -3.12. The molecule has 5 nitrogen and oxygen atoms in total. The standard InChI is InChI=1S/C19H15ClFN3O2/c1-26-15-5-2-13(3-6-15)23-18-10-12(8-9-22-18)19(25)24-14-4-7-17(21)16(20)11-14/h2-11H,1H3,(H,22,23)(H,24,25). The zero-order chi connectivity index (χ0) is 18.5. The normalized spacial score (nSPS) is 10.3. The number of carbonyl (C=O) groups is 1. The average Bonchev–Trinajstić information content (AvgIpc) is 2.65. The maximum Gasteiger partial charge on any atom is 0.255 e. The third kappa shape index (κ3) is 4.29. The molecule has 0 aliphatic heterocycles. The Bertz CT molecular complexity index is 932. The number of aromatic nitrogens is 1. The number of nitrogens with zero attached hydrogens (tertiary/aromatic N) is 1. The molecule has 3 aromatic rings. The largest absolute Gasteiger partial charge is 0.497 e. The number of carbonyl (C=O) groups excluding carboxylic acids is 1. The van der Waals surface area contributed by atoms with Crippen molar-refractivity contribution < 1.29 is 13.9 Å². The zero-order valence-corrected chi connectivity index (χ0v) is 14.5. The van der Waals surface area contributed by atoms with Crippen LogP contribution >= 0.6 is 11.6 Å². The molecule has 26 heavy (non-hydrogen) atoms. The van der Waals surface area contributed by atoms with E-state index in [1.807, 2.05) is 24.3 Å². The van der Waals surface area contributed by atoms with E-state index in [9.17, 15) is 9.18 Å². The number of methoxy groups -OCH3 is 1. The smallest absolute Gasteiger partial charge is 0.255 e. The summed E-state index contributed by atoms with van der Waals surface area (Å²) in [5, 5.41) is 5.73. The monoisotopic (exact) mass is 371 g/mol. The Balaban J connectivity index is 1.73. The highest BCUT2D eigenvalue weighted by Gasteiger charge is 2.09. The number of halogens is 2. The number of anilines is 3. The molecule has 0 saturated heterocycles. The lowest BCUT2D eigenvalue weighted by molar-refractivity contribution is 0.102. The second-order valence-corrected chi connectivity index (χ2v) is 5.77. The first-order valence-electron chi connectivity index (χ1n) is 7.69. The van der Waals surface area contributed by atoms with Crippen molar-refractivity contribution in [2.75, 3.05) is 17.7 Å². The van der Waals surface area contributed by atoms with Crippen LogP contribution in [0.25, 0.3) is 0 Å². The highest BCUT2D eigenvalue weighted by atomic mass is 35.5. The van der Waals surface area contributed by atoms with Crippen LogP contribution in [0.1, 0.15) is 10.4 Å². The molecule has 2 aromatic carbocycles. The second-order valence-electron chi connectivity index (χ2n) is 5.37. The van der Waals surface area contributed by atoms with Crippen molar-refractivity contribution in [3.63, 3.8) is 0 Å². The molecule has 2 N–H and O–H groups in total. The summed E-state index contributed by atoms with van der Waals surface area (Å²) in [5.74, 6) is 0.363. The second kappa shape index (κ2) is 7.84. The molecule has 7 heteroatoms. The van der Waals surface area contributed by atoms with Crippen LogP contribution in [0.15, 0.2) is 60.8 Å². The van der Waals surface area contributed by atoms with Gasteiger partial charge in [0.25, 0.3) is 5.91 Å². The fourth-order valence-electron chi connectivity index (χ4n) is 2.24. The van der Waals surface area contributed by atoms with E-state index < -0.39 is 5.82 Å². The predicted molar refractivity (Wildman–Crippen MR) is 99.9 cm³/mol. The number of rotatable bonds is 5.